The first-order valence-electron chi connectivity index (χ1n) is 6.25. The number of hydrogen-bond donors (Lipinski definition) is 2. The van der Waals surface area contributed by atoms with Gasteiger partial charge in [0.25, 0.3) is 0 Å². The summed E-state index contributed by atoms with van der Waals surface area (Å²) in [5, 5.41) is 12.4. The average molecular weight is 340 g/mol. The Bertz CT molecular complexity index is 526. The van der Waals surface area contributed by atoms with Crippen molar-refractivity contribution in [2.45, 2.75) is 24.9 Å². The Hall–Kier alpha value is -0.680. The Kier molecular flexibility index (Phi) is 4.79. The molecule has 0 amide bonds. The number of rotatable bonds is 5. The third-order valence-corrected chi connectivity index (χ3v) is 5.32. The number of thiophene rings is 1. The fraction of sp³-hybridized carbons (Fsp3) is 0.333. The third-order valence-electron chi connectivity index (χ3n) is 3.62. The first-order valence-corrected chi connectivity index (χ1v) is 7.92. The molecular formula is C15H18BrNOS. The van der Waals surface area contributed by atoms with Crippen LogP contribution < -0.4 is 5.73 Å². The zero-order valence-corrected chi connectivity index (χ0v) is 13.2. The summed E-state index contributed by atoms with van der Waals surface area (Å²) in [4.78, 5) is 1.22. The lowest BCUT2D eigenvalue weighted by Gasteiger charge is -2.36. The van der Waals surface area contributed by atoms with E-state index in [-0.39, 0.29) is 0 Å². The minimum absolute atomic E-state index is 0.421. The smallest absolute Gasteiger partial charge is 0.0624 e. The minimum Gasteiger partial charge on any atom is -0.392 e. The van der Waals surface area contributed by atoms with E-state index >= 15 is 0 Å². The molecule has 0 aliphatic heterocycles. The van der Waals surface area contributed by atoms with Crippen LogP contribution >= 0.6 is 27.3 Å². The topological polar surface area (TPSA) is 46.2 Å². The number of halogens is 1. The van der Waals surface area contributed by atoms with Crippen LogP contribution in [0.2, 0.25) is 0 Å². The van der Waals surface area contributed by atoms with Crippen molar-refractivity contribution < 1.29 is 5.11 Å². The van der Waals surface area contributed by atoms with Gasteiger partial charge in [-0.05, 0) is 40.9 Å². The van der Waals surface area contributed by atoms with E-state index in [4.69, 9.17) is 5.73 Å². The molecule has 0 saturated heterocycles. The molecule has 1 aromatic carbocycles. The van der Waals surface area contributed by atoms with Gasteiger partial charge in [0.15, 0.2) is 0 Å². The summed E-state index contributed by atoms with van der Waals surface area (Å²) < 4.78 is 1.08. The van der Waals surface area contributed by atoms with Crippen LogP contribution in [0.1, 0.15) is 17.4 Å². The van der Waals surface area contributed by atoms with E-state index in [1.807, 2.05) is 37.3 Å². The highest BCUT2D eigenvalue weighted by Gasteiger charge is 2.36. The van der Waals surface area contributed by atoms with Crippen molar-refractivity contribution in [3.8, 4) is 0 Å². The molecule has 2 aromatic rings. The van der Waals surface area contributed by atoms with Crippen molar-refractivity contribution in [1.29, 1.82) is 0 Å². The molecule has 1 aromatic heterocycles. The van der Waals surface area contributed by atoms with Crippen molar-refractivity contribution in [2.75, 3.05) is 6.54 Å². The molecular weight excluding hydrogens is 322 g/mol. The van der Waals surface area contributed by atoms with Gasteiger partial charge in [0.1, 0.15) is 0 Å². The predicted molar refractivity (Wildman–Crippen MR) is 84.6 cm³/mol. The molecule has 19 heavy (non-hydrogen) atoms. The minimum atomic E-state index is -0.499. The first-order chi connectivity index (χ1) is 9.08. The van der Waals surface area contributed by atoms with E-state index < -0.39 is 11.5 Å². The van der Waals surface area contributed by atoms with Crippen molar-refractivity contribution >= 4 is 27.3 Å². The molecule has 2 unspecified atom stereocenters. The summed E-state index contributed by atoms with van der Waals surface area (Å²) in [5.74, 6) is 0. The molecule has 0 spiro atoms. The van der Waals surface area contributed by atoms with Gasteiger partial charge >= 0.3 is 0 Å². The predicted octanol–water partition coefficient (Wildman–Crippen LogP) is 3.33. The number of hydrogen-bond acceptors (Lipinski definition) is 3. The lowest BCUT2D eigenvalue weighted by molar-refractivity contribution is 0.101. The summed E-state index contributed by atoms with van der Waals surface area (Å²) in [7, 11) is 0. The van der Waals surface area contributed by atoms with Crippen LogP contribution in [0.15, 0.2) is 46.3 Å². The van der Waals surface area contributed by atoms with Crippen molar-refractivity contribution in [3.05, 3.63) is 56.7 Å². The molecule has 0 bridgehead atoms. The summed E-state index contributed by atoms with van der Waals surface area (Å²) in [6.07, 6.45) is 0.252. The van der Waals surface area contributed by atoms with E-state index in [2.05, 4.69) is 27.4 Å². The maximum absolute atomic E-state index is 10.3. The van der Waals surface area contributed by atoms with E-state index in [1.54, 1.807) is 11.3 Å². The lowest BCUT2D eigenvalue weighted by Crippen LogP contribution is -2.46. The van der Waals surface area contributed by atoms with Crippen molar-refractivity contribution in [1.82, 2.24) is 0 Å². The van der Waals surface area contributed by atoms with Crippen LogP contribution in [-0.4, -0.2) is 17.8 Å². The molecule has 2 rings (SSSR count). The maximum Gasteiger partial charge on any atom is 0.0624 e. The lowest BCUT2D eigenvalue weighted by atomic mass is 9.73. The largest absolute Gasteiger partial charge is 0.392 e. The maximum atomic E-state index is 10.3. The second-order valence-corrected chi connectivity index (χ2v) is 6.72. The zero-order chi connectivity index (χ0) is 13.9. The highest BCUT2D eigenvalue weighted by Crippen LogP contribution is 2.34. The molecule has 0 radical (unpaired) electrons. The Morgan fingerprint density at radius 1 is 1.37 bits per heavy atom. The number of aliphatic hydroxyl groups is 1. The summed E-state index contributed by atoms with van der Waals surface area (Å²) in [6.45, 7) is 2.24. The Balaban J connectivity index is 2.40. The number of aliphatic hydroxyl groups excluding tert-OH is 1. The van der Waals surface area contributed by atoms with Crippen LogP contribution in [0.3, 0.4) is 0 Å². The molecule has 1 heterocycles. The van der Waals surface area contributed by atoms with Gasteiger partial charge < -0.3 is 10.8 Å². The van der Waals surface area contributed by atoms with Crippen LogP contribution in [0, 0.1) is 0 Å². The van der Waals surface area contributed by atoms with E-state index in [0.29, 0.717) is 6.54 Å². The molecule has 0 fully saturated rings. The molecule has 4 heteroatoms. The molecule has 2 atom stereocenters. The highest BCUT2D eigenvalue weighted by molar-refractivity contribution is 9.10. The first kappa shape index (κ1) is 14.7. The van der Waals surface area contributed by atoms with Gasteiger partial charge in [0.05, 0.1) is 6.10 Å². The Labute approximate surface area is 126 Å². The number of benzene rings is 1. The molecule has 2 nitrogen and oxygen atoms in total. The van der Waals surface area contributed by atoms with Crippen LogP contribution in [0.5, 0.6) is 0 Å². The second-order valence-electron chi connectivity index (χ2n) is 4.81. The fourth-order valence-electron chi connectivity index (χ4n) is 2.38. The van der Waals surface area contributed by atoms with Gasteiger partial charge in [-0.15, -0.1) is 11.3 Å². The monoisotopic (exact) mass is 339 g/mol. The second kappa shape index (κ2) is 6.18. The molecule has 0 saturated carbocycles. The standard InChI is InChI=1S/C15H18BrNOS/c1-11(18)15(10-17,12-5-3-2-4-6-12)8-14-7-13(16)9-19-14/h2-7,9,11,18H,8,10,17H2,1H3. The molecule has 102 valence electrons. The normalized spacial score (nSPS) is 16.0. The summed E-state index contributed by atoms with van der Waals surface area (Å²) in [6, 6.07) is 12.2. The van der Waals surface area contributed by atoms with Gasteiger partial charge in [-0.3, -0.25) is 0 Å². The summed E-state index contributed by atoms with van der Waals surface area (Å²) >= 11 is 5.16. The van der Waals surface area contributed by atoms with Gasteiger partial charge in [0, 0.05) is 26.7 Å². The van der Waals surface area contributed by atoms with Gasteiger partial charge in [-0.25, -0.2) is 0 Å². The van der Waals surface area contributed by atoms with Gasteiger partial charge in [0.2, 0.25) is 0 Å². The van der Waals surface area contributed by atoms with Crippen LogP contribution in [-0.2, 0) is 11.8 Å². The SMILES string of the molecule is CC(O)C(CN)(Cc1cc(Br)cs1)c1ccccc1. The van der Waals surface area contributed by atoms with Crippen LogP contribution in [0.4, 0.5) is 0 Å². The van der Waals surface area contributed by atoms with Crippen molar-refractivity contribution in [3.63, 3.8) is 0 Å². The number of nitrogens with two attached hydrogens (primary N) is 1. The Morgan fingerprint density at radius 2 is 2.05 bits per heavy atom. The zero-order valence-electron chi connectivity index (χ0n) is 10.8. The molecule has 0 aliphatic rings. The fourth-order valence-corrected chi connectivity index (χ4v) is 3.96. The third kappa shape index (κ3) is 3.08. The van der Waals surface area contributed by atoms with Crippen molar-refractivity contribution in [2.24, 2.45) is 5.73 Å². The quantitative estimate of drug-likeness (QED) is 0.877. The van der Waals surface area contributed by atoms with E-state index in [1.165, 1.54) is 4.88 Å². The van der Waals surface area contributed by atoms with Gasteiger partial charge in [-0.1, -0.05) is 30.3 Å². The highest BCUT2D eigenvalue weighted by atomic mass is 79.9. The van der Waals surface area contributed by atoms with E-state index in [9.17, 15) is 5.11 Å². The Morgan fingerprint density at radius 3 is 2.53 bits per heavy atom. The van der Waals surface area contributed by atoms with Crippen LogP contribution in [0.25, 0.3) is 0 Å². The molecule has 0 aliphatic carbocycles. The van der Waals surface area contributed by atoms with Gasteiger partial charge in [-0.2, -0.15) is 0 Å². The average Bonchev–Trinajstić information content (AvgIpc) is 2.82. The summed E-state index contributed by atoms with van der Waals surface area (Å²) in [5.41, 5.74) is 6.70. The van der Waals surface area contributed by atoms with E-state index in [0.717, 1.165) is 16.5 Å². The molecule has 3 N–H and O–H groups in total.